The van der Waals surface area contributed by atoms with Gasteiger partial charge >= 0.3 is 0 Å². The van der Waals surface area contributed by atoms with Crippen LogP contribution in [0.15, 0.2) is 23.1 Å². The Morgan fingerprint density at radius 1 is 1.41 bits per heavy atom. The fraction of sp³-hybridized carbons (Fsp3) is 0.250. The lowest BCUT2D eigenvalue weighted by molar-refractivity contribution is -0.384. The number of hydrogen-bond acceptors (Lipinski definition) is 5. The second-order valence-electron chi connectivity index (χ2n) is 2.96. The molecule has 1 aromatic rings. The van der Waals surface area contributed by atoms with Crippen molar-refractivity contribution in [1.82, 2.24) is 0 Å². The van der Waals surface area contributed by atoms with E-state index in [1.54, 1.807) is 0 Å². The van der Waals surface area contributed by atoms with E-state index >= 15 is 0 Å². The van der Waals surface area contributed by atoms with Crippen molar-refractivity contribution in [2.45, 2.75) is 4.90 Å². The second kappa shape index (κ2) is 5.90. The van der Waals surface area contributed by atoms with Crippen molar-refractivity contribution in [3.63, 3.8) is 0 Å². The first-order chi connectivity index (χ1) is 7.79. The summed E-state index contributed by atoms with van der Waals surface area (Å²) in [6.45, 7) is 0. The van der Waals surface area contributed by atoms with Crippen molar-refractivity contribution in [1.29, 1.82) is 0 Å². The van der Waals surface area contributed by atoms with Gasteiger partial charge in [-0.05, 0) is 6.07 Å². The van der Waals surface area contributed by atoms with Gasteiger partial charge in [0.25, 0.3) is 5.69 Å². The van der Waals surface area contributed by atoms with Crippen molar-refractivity contribution < 1.29 is 13.3 Å². The van der Waals surface area contributed by atoms with Gasteiger partial charge in [0.05, 0.1) is 15.7 Å². The summed E-state index contributed by atoms with van der Waals surface area (Å²) in [6, 6.07) is 4.01. The van der Waals surface area contributed by atoms with Crippen molar-refractivity contribution in [3.8, 4) is 0 Å². The maximum absolute atomic E-state index is 10.7. The summed E-state index contributed by atoms with van der Waals surface area (Å²) in [6.07, 6.45) is 0. The molecule has 0 bridgehead atoms. The molecule has 9 heteroatoms. The molecule has 0 unspecified atom stereocenters. The molecular weight excluding hydrogens is 309 g/mol. The Bertz CT molecular complexity index is 532. The molecule has 0 saturated carbocycles. The van der Waals surface area contributed by atoms with Crippen LogP contribution in [0, 0.1) is 10.1 Å². The van der Waals surface area contributed by atoms with Crippen molar-refractivity contribution in [2.24, 2.45) is 0 Å². The molecule has 0 spiro atoms. The van der Waals surface area contributed by atoms with E-state index in [2.05, 4.69) is 0 Å². The quantitative estimate of drug-likeness (QED) is 0.361. The minimum atomic E-state index is -3.53. The normalized spacial score (nSPS) is 11.4. The molecule has 0 fully saturated rings. The van der Waals surface area contributed by atoms with Crippen molar-refractivity contribution in [2.75, 3.05) is 11.5 Å². The molecule has 0 amide bonds. The molecule has 17 heavy (non-hydrogen) atoms. The SMILES string of the molecule is O=[N+]([O-])c1ccc(SCCS(=O)(=O)Cl)c(Cl)c1. The third kappa shape index (κ3) is 5.12. The van der Waals surface area contributed by atoms with Crippen LogP contribution in [0.3, 0.4) is 0 Å². The van der Waals surface area contributed by atoms with Crippen LogP contribution in [0.25, 0.3) is 0 Å². The van der Waals surface area contributed by atoms with Gasteiger partial charge in [-0.3, -0.25) is 10.1 Å². The van der Waals surface area contributed by atoms with Crippen molar-refractivity contribution in [3.05, 3.63) is 33.3 Å². The average Bonchev–Trinajstić information content (AvgIpc) is 2.18. The summed E-state index contributed by atoms with van der Waals surface area (Å²) >= 11 is 6.99. The first-order valence-electron chi connectivity index (χ1n) is 4.28. The van der Waals surface area contributed by atoms with Crippen LogP contribution in [0.2, 0.25) is 5.02 Å². The standard InChI is InChI=1S/C8H7Cl2NO4S2/c9-7-5-6(11(12)13)1-2-8(7)16-3-4-17(10,14)15/h1-2,5H,3-4H2. The first-order valence-corrected chi connectivity index (χ1v) is 8.13. The monoisotopic (exact) mass is 315 g/mol. The second-order valence-corrected chi connectivity index (χ2v) is 7.40. The van der Waals surface area contributed by atoms with Gasteiger partial charge in [0.1, 0.15) is 0 Å². The largest absolute Gasteiger partial charge is 0.270 e. The lowest BCUT2D eigenvalue weighted by Gasteiger charge is -2.02. The zero-order valence-corrected chi connectivity index (χ0v) is 11.4. The molecule has 0 aliphatic carbocycles. The number of hydrogen-bond donors (Lipinski definition) is 0. The van der Waals surface area contributed by atoms with Gasteiger partial charge in [-0.1, -0.05) is 11.6 Å². The first kappa shape index (κ1) is 14.6. The number of thioether (sulfide) groups is 1. The van der Waals surface area contributed by atoms with Gasteiger partial charge in [-0.15, -0.1) is 11.8 Å². The lowest BCUT2D eigenvalue weighted by Crippen LogP contribution is -1.99. The molecule has 0 radical (unpaired) electrons. The highest BCUT2D eigenvalue weighted by atomic mass is 35.7. The van der Waals surface area contributed by atoms with Gasteiger partial charge in [0, 0.05) is 33.5 Å². The van der Waals surface area contributed by atoms with E-state index in [0.29, 0.717) is 4.90 Å². The fourth-order valence-electron chi connectivity index (χ4n) is 0.972. The van der Waals surface area contributed by atoms with Crippen LogP contribution in [0.1, 0.15) is 0 Å². The molecule has 94 valence electrons. The van der Waals surface area contributed by atoms with E-state index in [-0.39, 0.29) is 22.2 Å². The smallest absolute Gasteiger partial charge is 0.258 e. The number of non-ortho nitro benzene ring substituents is 1. The average molecular weight is 316 g/mol. The van der Waals surface area contributed by atoms with Crippen LogP contribution in [0.4, 0.5) is 5.69 Å². The van der Waals surface area contributed by atoms with Crippen LogP contribution in [0.5, 0.6) is 0 Å². The predicted octanol–water partition coefficient (Wildman–Crippen LogP) is 2.91. The molecule has 0 aromatic heterocycles. The molecule has 0 aliphatic heterocycles. The Morgan fingerprint density at radius 3 is 2.53 bits per heavy atom. The van der Waals surface area contributed by atoms with E-state index in [4.69, 9.17) is 22.3 Å². The van der Waals surface area contributed by atoms with Crippen molar-refractivity contribution >= 4 is 48.8 Å². The maximum atomic E-state index is 10.7. The van der Waals surface area contributed by atoms with Crippen LogP contribution in [-0.4, -0.2) is 24.8 Å². The zero-order chi connectivity index (χ0) is 13.1. The molecule has 0 heterocycles. The highest BCUT2D eigenvalue weighted by Gasteiger charge is 2.11. The topological polar surface area (TPSA) is 77.3 Å². The van der Waals surface area contributed by atoms with Crippen LogP contribution >= 0.6 is 34.0 Å². The van der Waals surface area contributed by atoms with E-state index in [1.165, 1.54) is 30.0 Å². The van der Waals surface area contributed by atoms with E-state index in [9.17, 15) is 18.5 Å². The van der Waals surface area contributed by atoms with Crippen LogP contribution in [-0.2, 0) is 9.05 Å². The summed E-state index contributed by atoms with van der Waals surface area (Å²) in [5.74, 6) is 0.0515. The molecule has 0 aliphatic rings. The Labute approximate surface area is 112 Å². The Balaban J connectivity index is 2.70. The third-order valence-electron chi connectivity index (χ3n) is 1.71. The Morgan fingerprint density at radius 2 is 2.06 bits per heavy atom. The lowest BCUT2D eigenvalue weighted by atomic mass is 10.3. The minimum absolute atomic E-state index is 0.107. The minimum Gasteiger partial charge on any atom is -0.258 e. The molecule has 5 nitrogen and oxygen atoms in total. The van der Waals surface area contributed by atoms with Gasteiger partial charge in [0.2, 0.25) is 9.05 Å². The molecule has 0 atom stereocenters. The molecule has 1 rings (SSSR count). The maximum Gasteiger partial charge on any atom is 0.270 e. The number of halogens is 2. The number of benzene rings is 1. The van der Waals surface area contributed by atoms with Gasteiger partial charge in [-0.2, -0.15) is 0 Å². The number of nitrogens with zero attached hydrogens (tertiary/aromatic N) is 1. The summed E-state index contributed by atoms with van der Waals surface area (Å²) in [5, 5.41) is 10.7. The predicted molar refractivity (Wildman–Crippen MR) is 68.5 cm³/mol. The fourth-order valence-corrected chi connectivity index (χ4v) is 3.59. The highest BCUT2D eigenvalue weighted by molar-refractivity contribution is 8.14. The van der Waals surface area contributed by atoms with Gasteiger partial charge < -0.3 is 0 Å². The summed E-state index contributed by atoms with van der Waals surface area (Å²) in [4.78, 5) is 10.5. The summed E-state index contributed by atoms with van der Waals surface area (Å²) in [5.41, 5.74) is -0.107. The van der Waals surface area contributed by atoms with Gasteiger partial charge in [0.15, 0.2) is 0 Å². The van der Waals surface area contributed by atoms with Crippen LogP contribution < -0.4 is 0 Å². The number of nitro groups is 1. The molecular formula is C8H7Cl2NO4S2. The van der Waals surface area contributed by atoms with E-state index in [0.717, 1.165) is 0 Å². The van der Waals surface area contributed by atoms with Gasteiger partial charge in [-0.25, -0.2) is 8.42 Å². The van der Waals surface area contributed by atoms with E-state index < -0.39 is 14.0 Å². The third-order valence-corrected chi connectivity index (χ3v) is 4.62. The molecule has 0 N–H and O–H groups in total. The summed E-state index contributed by atoms with van der Waals surface area (Å²) in [7, 11) is 1.51. The van der Waals surface area contributed by atoms with E-state index in [1.807, 2.05) is 0 Å². The molecule has 1 aromatic carbocycles. The number of rotatable bonds is 5. The highest BCUT2D eigenvalue weighted by Crippen LogP contribution is 2.30. The Hall–Kier alpha value is -0.500. The number of nitro benzene ring substituents is 1. The zero-order valence-electron chi connectivity index (χ0n) is 8.30. The Kier molecular flexibility index (Phi) is 5.05. The summed E-state index contributed by atoms with van der Waals surface area (Å²) < 4.78 is 21.4. The molecule has 0 saturated heterocycles.